The number of hydrogen-bond acceptors (Lipinski definition) is 4. The third-order valence-corrected chi connectivity index (χ3v) is 5.54. The number of nitrogens with zero attached hydrogens (tertiary/aromatic N) is 2. The van der Waals surface area contributed by atoms with Gasteiger partial charge in [-0.1, -0.05) is 29.8 Å². The first kappa shape index (κ1) is 20.2. The third-order valence-electron chi connectivity index (χ3n) is 4.62. The zero-order chi connectivity index (χ0) is 19.9. The first-order valence-electron chi connectivity index (χ1n) is 9.24. The lowest BCUT2D eigenvalue weighted by molar-refractivity contribution is -0.128. The van der Waals surface area contributed by atoms with Crippen LogP contribution in [0.25, 0.3) is 0 Å². The van der Waals surface area contributed by atoms with E-state index in [1.165, 1.54) is 17.8 Å². The zero-order valence-corrected chi connectivity index (χ0v) is 16.7. The molecule has 2 aromatic carbocycles. The maximum Gasteiger partial charge on any atom is 0.234 e. The van der Waals surface area contributed by atoms with Crippen LogP contribution in [0.5, 0.6) is 0 Å². The molecule has 0 unspecified atom stereocenters. The molecule has 5 nitrogen and oxygen atoms in total. The number of benzene rings is 2. The fourth-order valence-electron chi connectivity index (χ4n) is 3.06. The van der Waals surface area contributed by atoms with Crippen molar-refractivity contribution in [3.63, 3.8) is 0 Å². The normalized spacial score (nSPS) is 14.1. The number of amides is 2. The van der Waals surface area contributed by atoms with Gasteiger partial charge in [-0.05, 0) is 31.2 Å². The Balaban J connectivity index is 1.38. The van der Waals surface area contributed by atoms with E-state index in [2.05, 4.69) is 5.32 Å². The Morgan fingerprint density at radius 2 is 1.68 bits per heavy atom. The van der Waals surface area contributed by atoms with E-state index in [0.717, 1.165) is 11.3 Å². The predicted molar refractivity (Wildman–Crippen MR) is 112 cm³/mol. The van der Waals surface area contributed by atoms with E-state index in [4.69, 9.17) is 0 Å². The van der Waals surface area contributed by atoms with E-state index in [0.29, 0.717) is 31.9 Å². The molecule has 3 rings (SSSR count). The lowest BCUT2D eigenvalue weighted by atomic mass is 10.2. The quantitative estimate of drug-likeness (QED) is 0.808. The second-order valence-corrected chi connectivity index (χ2v) is 7.71. The van der Waals surface area contributed by atoms with Gasteiger partial charge in [0.05, 0.1) is 17.2 Å². The number of halogens is 1. The van der Waals surface area contributed by atoms with E-state index < -0.39 is 0 Å². The van der Waals surface area contributed by atoms with Crippen molar-refractivity contribution in [1.29, 1.82) is 0 Å². The molecule has 0 aromatic heterocycles. The summed E-state index contributed by atoms with van der Waals surface area (Å²) < 4.78 is 13.9. The van der Waals surface area contributed by atoms with Crippen LogP contribution in [0, 0.1) is 12.7 Å². The van der Waals surface area contributed by atoms with Crippen LogP contribution >= 0.6 is 11.8 Å². The molecule has 2 aromatic rings. The van der Waals surface area contributed by atoms with Crippen molar-refractivity contribution >= 4 is 35.0 Å². The number of para-hydroxylation sites is 1. The van der Waals surface area contributed by atoms with Crippen LogP contribution in [-0.4, -0.2) is 54.4 Å². The van der Waals surface area contributed by atoms with E-state index in [1.54, 1.807) is 17.0 Å². The lowest BCUT2D eigenvalue weighted by Crippen LogP contribution is -2.49. The fourth-order valence-corrected chi connectivity index (χ4v) is 3.78. The highest BCUT2D eigenvalue weighted by atomic mass is 32.2. The van der Waals surface area contributed by atoms with E-state index in [-0.39, 0.29) is 29.1 Å². The number of piperazine rings is 1. The minimum Gasteiger partial charge on any atom is -0.366 e. The Morgan fingerprint density at radius 3 is 2.36 bits per heavy atom. The standard InChI is InChI=1S/C21H24FN3O2S/c1-16-6-8-17(9-7-16)23-20(26)14-28-15-21(27)25-12-10-24(11-13-25)19-5-3-2-4-18(19)22/h2-9H,10-15H2,1H3,(H,23,26). The number of carbonyl (C=O) groups is 2. The lowest BCUT2D eigenvalue weighted by Gasteiger charge is -2.36. The first-order chi connectivity index (χ1) is 13.5. The van der Waals surface area contributed by atoms with Gasteiger partial charge in [0.2, 0.25) is 11.8 Å². The van der Waals surface area contributed by atoms with Crippen molar-refractivity contribution in [2.45, 2.75) is 6.92 Å². The summed E-state index contributed by atoms with van der Waals surface area (Å²) in [6, 6.07) is 14.3. The average Bonchev–Trinajstić information content (AvgIpc) is 2.70. The number of anilines is 2. The number of carbonyl (C=O) groups excluding carboxylic acids is 2. The predicted octanol–water partition coefficient (Wildman–Crippen LogP) is 3.15. The second kappa shape index (κ2) is 9.59. The number of nitrogens with one attached hydrogen (secondary N) is 1. The molecule has 2 amide bonds. The van der Waals surface area contributed by atoms with Gasteiger partial charge >= 0.3 is 0 Å². The molecular weight excluding hydrogens is 377 g/mol. The van der Waals surface area contributed by atoms with Gasteiger partial charge < -0.3 is 15.1 Å². The number of hydrogen-bond donors (Lipinski definition) is 1. The molecule has 0 radical (unpaired) electrons. The maximum atomic E-state index is 13.9. The van der Waals surface area contributed by atoms with E-state index in [1.807, 2.05) is 42.2 Å². The van der Waals surface area contributed by atoms with Crippen molar-refractivity contribution < 1.29 is 14.0 Å². The van der Waals surface area contributed by atoms with Gasteiger partial charge in [-0.25, -0.2) is 4.39 Å². The minimum absolute atomic E-state index is 0.0151. The summed E-state index contributed by atoms with van der Waals surface area (Å²) in [5.41, 5.74) is 2.47. The van der Waals surface area contributed by atoms with E-state index >= 15 is 0 Å². The first-order valence-corrected chi connectivity index (χ1v) is 10.4. The van der Waals surface area contributed by atoms with Crippen LogP contribution in [0.2, 0.25) is 0 Å². The Morgan fingerprint density at radius 1 is 1.00 bits per heavy atom. The molecule has 28 heavy (non-hydrogen) atoms. The summed E-state index contributed by atoms with van der Waals surface area (Å²) in [5.74, 6) is 0.153. The molecule has 0 bridgehead atoms. The Bertz CT molecular complexity index is 821. The van der Waals surface area contributed by atoms with Crippen LogP contribution in [0.4, 0.5) is 15.8 Å². The molecule has 0 saturated carbocycles. The summed E-state index contributed by atoms with van der Waals surface area (Å²) in [5, 5.41) is 2.82. The van der Waals surface area contributed by atoms with Crippen LogP contribution < -0.4 is 10.2 Å². The molecule has 1 fully saturated rings. The molecule has 7 heteroatoms. The number of rotatable bonds is 6. The Labute approximate surface area is 168 Å². The maximum absolute atomic E-state index is 13.9. The van der Waals surface area contributed by atoms with E-state index in [9.17, 15) is 14.0 Å². The van der Waals surface area contributed by atoms with Crippen molar-refractivity contribution in [3.05, 3.63) is 59.9 Å². The topological polar surface area (TPSA) is 52.7 Å². The number of thioether (sulfide) groups is 1. The van der Waals surface area contributed by atoms with Crippen LogP contribution in [0.15, 0.2) is 48.5 Å². The van der Waals surface area contributed by atoms with Crippen LogP contribution in [0.3, 0.4) is 0 Å². The number of aryl methyl sites for hydroxylation is 1. The molecule has 1 aliphatic rings. The monoisotopic (exact) mass is 401 g/mol. The van der Waals surface area contributed by atoms with Gasteiger partial charge in [0.25, 0.3) is 0 Å². The highest BCUT2D eigenvalue weighted by Crippen LogP contribution is 2.20. The highest BCUT2D eigenvalue weighted by molar-refractivity contribution is 8.00. The van der Waals surface area contributed by atoms with Gasteiger partial charge in [0.15, 0.2) is 0 Å². The van der Waals surface area contributed by atoms with Gasteiger partial charge in [-0.2, -0.15) is 0 Å². The summed E-state index contributed by atoms with van der Waals surface area (Å²) in [4.78, 5) is 28.1. The van der Waals surface area contributed by atoms with Crippen molar-refractivity contribution in [1.82, 2.24) is 4.90 Å². The Kier molecular flexibility index (Phi) is 6.92. The van der Waals surface area contributed by atoms with Gasteiger partial charge in [-0.15, -0.1) is 11.8 Å². The molecule has 1 saturated heterocycles. The Hall–Kier alpha value is -2.54. The molecule has 0 atom stereocenters. The van der Waals surface area contributed by atoms with Crippen LogP contribution in [-0.2, 0) is 9.59 Å². The fraction of sp³-hybridized carbons (Fsp3) is 0.333. The second-order valence-electron chi connectivity index (χ2n) is 6.73. The molecule has 1 N–H and O–H groups in total. The van der Waals surface area contributed by atoms with Crippen molar-refractivity contribution in [2.75, 3.05) is 47.9 Å². The summed E-state index contributed by atoms with van der Waals surface area (Å²) in [7, 11) is 0. The molecule has 1 aliphatic heterocycles. The largest absolute Gasteiger partial charge is 0.366 e. The van der Waals surface area contributed by atoms with Gasteiger partial charge in [-0.3, -0.25) is 9.59 Å². The zero-order valence-electron chi connectivity index (χ0n) is 15.9. The van der Waals surface area contributed by atoms with Crippen molar-refractivity contribution in [2.24, 2.45) is 0 Å². The average molecular weight is 402 g/mol. The summed E-state index contributed by atoms with van der Waals surface area (Å²) in [6.45, 7) is 4.31. The smallest absolute Gasteiger partial charge is 0.234 e. The SMILES string of the molecule is Cc1ccc(NC(=O)CSCC(=O)N2CCN(c3ccccc3F)CC2)cc1. The van der Waals surface area contributed by atoms with Gasteiger partial charge in [0, 0.05) is 31.9 Å². The summed E-state index contributed by atoms with van der Waals surface area (Å²) in [6.07, 6.45) is 0. The minimum atomic E-state index is -0.238. The van der Waals surface area contributed by atoms with Crippen molar-refractivity contribution in [3.8, 4) is 0 Å². The molecule has 148 valence electrons. The van der Waals surface area contributed by atoms with Crippen LogP contribution in [0.1, 0.15) is 5.56 Å². The third kappa shape index (κ3) is 5.48. The molecule has 0 spiro atoms. The highest BCUT2D eigenvalue weighted by Gasteiger charge is 2.22. The van der Waals surface area contributed by atoms with Gasteiger partial charge in [0.1, 0.15) is 5.82 Å². The molecule has 1 heterocycles. The summed E-state index contributed by atoms with van der Waals surface area (Å²) >= 11 is 1.31. The molecular formula is C21H24FN3O2S. The molecule has 0 aliphatic carbocycles.